The number of amides is 1. The van der Waals surface area contributed by atoms with E-state index in [2.05, 4.69) is 10.6 Å². The van der Waals surface area contributed by atoms with Crippen LogP contribution in [0.25, 0.3) is 21.9 Å². The van der Waals surface area contributed by atoms with Gasteiger partial charge in [-0.05, 0) is 12.1 Å². The van der Waals surface area contributed by atoms with E-state index in [0.29, 0.717) is 36.6 Å². The van der Waals surface area contributed by atoms with Crippen molar-refractivity contribution in [3.63, 3.8) is 0 Å². The molecule has 1 fully saturated rings. The summed E-state index contributed by atoms with van der Waals surface area (Å²) in [6.07, 6.45) is 0.198. The first-order valence-electron chi connectivity index (χ1n) is 8.36. The van der Waals surface area contributed by atoms with E-state index in [1.165, 1.54) is 0 Å². The molecule has 3 aromatic rings. The van der Waals surface area contributed by atoms with Gasteiger partial charge in [-0.2, -0.15) is 0 Å². The van der Waals surface area contributed by atoms with Crippen LogP contribution in [0.2, 0.25) is 0 Å². The number of hydrogen-bond donors (Lipinski definition) is 2. The monoisotopic (exact) mass is 340 g/mol. The molecule has 2 aromatic carbocycles. The van der Waals surface area contributed by atoms with Crippen LogP contribution < -0.4 is 15.4 Å². The number of carbonyl (C=O) groups excluding carboxylic acids is 1. The number of methoxy groups -OCH3 is 1. The average molecular weight is 340 g/mol. The lowest BCUT2D eigenvalue weighted by Gasteiger charge is -2.23. The Labute approximate surface area is 145 Å². The SMILES string of the molecule is COc1cc2c(cc1NC(=O)CC1CNCCO1)oc1ccccc12. The van der Waals surface area contributed by atoms with Crippen molar-refractivity contribution in [2.75, 3.05) is 32.1 Å². The van der Waals surface area contributed by atoms with E-state index in [1.54, 1.807) is 7.11 Å². The van der Waals surface area contributed by atoms with Gasteiger partial charge in [0.1, 0.15) is 16.9 Å². The molecule has 0 saturated carbocycles. The second-order valence-corrected chi connectivity index (χ2v) is 6.10. The summed E-state index contributed by atoms with van der Waals surface area (Å²) in [5, 5.41) is 8.12. The second kappa shape index (κ2) is 6.74. The number of ether oxygens (including phenoxy) is 2. The third-order valence-corrected chi connectivity index (χ3v) is 4.39. The van der Waals surface area contributed by atoms with Crippen molar-refractivity contribution < 1.29 is 18.7 Å². The van der Waals surface area contributed by atoms with Gasteiger partial charge in [0.05, 0.1) is 31.9 Å². The maximum absolute atomic E-state index is 12.4. The van der Waals surface area contributed by atoms with Crippen molar-refractivity contribution in [3.05, 3.63) is 36.4 Å². The van der Waals surface area contributed by atoms with Crippen molar-refractivity contribution in [1.82, 2.24) is 5.32 Å². The van der Waals surface area contributed by atoms with Crippen LogP contribution in [0.1, 0.15) is 6.42 Å². The van der Waals surface area contributed by atoms with Crippen LogP contribution in [-0.2, 0) is 9.53 Å². The maximum atomic E-state index is 12.4. The molecule has 1 aliphatic heterocycles. The summed E-state index contributed by atoms with van der Waals surface area (Å²) in [4.78, 5) is 12.4. The van der Waals surface area contributed by atoms with Crippen molar-refractivity contribution >= 4 is 33.5 Å². The molecular formula is C19H20N2O4. The molecule has 0 bridgehead atoms. The normalized spacial score (nSPS) is 17.7. The number of carbonyl (C=O) groups is 1. The molecule has 130 valence electrons. The molecule has 6 heteroatoms. The molecule has 25 heavy (non-hydrogen) atoms. The van der Waals surface area contributed by atoms with Crippen LogP contribution in [-0.4, -0.2) is 38.8 Å². The molecular weight excluding hydrogens is 320 g/mol. The molecule has 1 unspecified atom stereocenters. The number of rotatable bonds is 4. The van der Waals surface area contributed by atoms with Gasteiger partial charge in [-0.1, -0.05) is 18.2 Å². The fourth-order valence-corrected chi connectivity index (χ4v) is 3.18. The lowest BCUT2D eigenvalue weighted by molar-refractivity contribution is -0.119. The van der Waals surface area contributed by atoms with Crippen LogP contribution in [0, 0.1) is 0 Å². The van der Waals surface area contributed by atoms with E-state index >= 15 is 0 Å². The molecule has 0 spiro atoms. The van der Waals surface area contributed by atoms with E-state index < -0.39 is 0 Å². The molecule has 1 atom stereocenters. The number of furan rings is 1. The van der Waals surface area contributed by atoms with Gasteiger partial charge in [0.25, 0.3) is 0 Å². The van der Waals surface area contributed by atoms with Gasteiger partial charge in [0.2, 0.25) is 5.91 Å². The Morgan fingerprint density at radius 1 is 1.28 bits per heavy atom. The van der Waals surface area contributed by atoms with Crippen LogP contribution in [0.4, 0.5) is 5.69 Å². The van der Waals surface area contributed by atoms with E-state index in [9.17, 15) is 4.79 Å². The standard InChI is InChI=1S/C19H20N2O4/c1-23-18-9-14-13-4-2-3-5-16(13)25-17(14)10-15(18)21-19(22)8-12-11-20-6-7-24-12/h2-5,9-10,12,20H,6-8,11H2,1H3,(H,21,22). The lowest BCUT2D eigenvalue weighted by Crippen LogP contribution is -2.40. The molecule has 0 radical (unpaired) electrons. The fraction of sp³-hybridized carbons (Fsp3) is 0.316. The summed E-state index contributed by atoms with van der Waals surface area (Å²) in [5.74, 6) is 0.498. The van der Waals surface area contributed by atoms with Crippen molar-refractivity contribution in [1.29, 1.82) is 0 Å². The number of hydrogen-bond acceptors (Lipinski definition) is 5. The summed E-state index contributed by atoms with van der Waals surface area (Å²) in [5.41, 5.74) is 2.13. The fourth-order valence-electron chi connectivity index (χ4n) is 3.18. The molecule has 6 nitrogen and oxygen atoms in total. The Kier molecular flexibility index (Phi) is 4.29. The first-order valence-corrected chi connectivity index (χ1v) is 8.36. The highest BCUT2D eigenvalue weighted by molar-refractivity contribution is 6.07. The van der Waals surface area contributed by atoms with Crippen LogP contribution >= 0.6 is 0 Å². The molecule has 1 aliphatic rings. The number of fused-ring (bicyclic) bond motifs is 3. The summed E-state index contributed by atoms with van der Waals surface area (Å²) in [7, 11) is 1.59. The highest BCUT2D eigenvalue weighted by Gasteiger charge is 2.19. The van der Waals surface area contributed by atoms with E-state index in [4.69, 9.17) is 13.9 Å². The molecule has 4 rings (SSSR count). The Morgan fingerprint density at radius 3 is 2.96 bits per heavy atom. The van der Waals surface area contributed by atoms with Crippen molar-refractivity contribution in [2.45, 2.75) is 12.5 Å². The molecule has 1 aromatic heterocycles. The number of benzene rings is 2. The largest absolute Gasteiger partial charge is 0.495 e. The smallest absolute Gasteiger partial charge is 0.227 e. The average Bonchev–Trinajstić information content (AvgIpc) is 2.99. The van der Waals surface area contributed by atoms with E-state index in [1.807, 2.05) is 36.4 Å². The zero-order chi connectivity index (χ0) is 17.2. The minimum atomic E-state index is -0.109. The zero-order valence-corrected chi connectivity index (χ0v) is 14.0. The highest BCUT2D eigenvalue weighted by atomic mass is 16.5. The Hall–Kier alpha value is -2.57. The van der Waals surface area contributed by atoms with Gasteiger partial charge < -0.3 is 24.5 Å². The summed E-state index contributed by atoms with van der Waals surface area (Å²) >= 11 is 0. The van der Waals surface area contributed by atoms with E-state index in [0.717, 1.165) is 22.9 Å². The summed E-state index contributed by atoms with van der Waals surface area (Å²) in [6.45, 7) is 2.15. The third-order valence-electron chi connectivity index (χ3n) is 4.39. The predicted octanol–water partition coefficient (Wildman–Crippen LogP) is 2.91. The van der Waals surface area contributed by atoms with Crippen molar-refractivity contribution in [2.24, 2.45) is 0 Å². The quantitative estimate of drug-likeness (QED) is 0.764. The molecule has 1 amide bonds. The van der Waals surface area contributed by atoms with Gasteiger partial charge >= 0.3 is 0 Å². The zero-order valence-electron chi connectivity index (χ0n) is 14.0. The van der Waals surface area contributed by atoms with Crippen molar-refractivity contribution in [3.8, 4) is 5.75 Å². The van der Waals surface area contributed by atoms with Gasteiger partial charge in [-0.3, -0.25) is 4.79 Å². The van der Waals surface area contributed by atoms with Crippen LogP contribution in [0.3, 0.4) is 0 Å². The van der Waals surface area contributed by atoms with Crippen LogP contribution in [0.5, 0.6) is 5.75 Å². The summed E-state index contributed by atoms with van der Waals surface area (Å²) < 4.78 is 16.9. The first-order chi connectivity index (χ1) is 12.2. The third kappa shape index (κ3) is 3.18. The lowest BCUT2D eigenvalue weighted by atomic mass is 10.1. The predicted molar refractivity (Wildman–Crippen MR) is 96.1 cm³/mol. The highest BCUT2D eigenvalue weighted by Crippen LogP contribution is 2.36. The number of morpholine rings is 1. The van der Waals surface area contributed by atoms with Crippen LogP contribution in [0.15, 0.2) is 40.8 Å². The van der Waals surface area contributed by atoms with Gasteiger partial charge in [-0.25, -0.2) is 0 Å². The number of anilines is 1. The van der Waals surface area contributed by atoms with Gasteiger partial charge in [-0.15, -0.1) is 0 Å². The Bertz CT molecular complexity index is 912. The van der Waals surface area contributed by atoms with Gasteiger partial charge in [0.15, 0.2) is 0 Å². The number of nitrogens with one attached hydrogen (secondary N) is 2. The molecule has 2 N–H and O–H groups in total. The molecule has 1 saturated heterocycles. The maximum Gasteiger partial charge on any atom is 0.227 e. The minimum Gasteiger partial charge on any atom is -0.495 e. The van der Waals surface area contributed by atoms with E-state index in [-0.39, 0.29) is 12.0 Å². The topological polar surface area (TPSA) is 72.7 Å². The second-order valence-electron chi connectivity index (χ2n) is 6.10. The molecule has 2 heterocycles. The number of para-hydroxylation sites is 1. The minimum absolute atomic E-state index is 0.102. The summed E-state index contributed by atoms with van der Waals surface area (Å²) in [6, 6.07) is 11.5. The first kappa shape index (κ1) is 15.9. The Balaban J connectivity index is 1.61. The molecule has 0 aliphatic carbocycles. The Morgan fingerprint density at radius 2 is 2.16 bits per heavy atom. The van der Waals surface area contributed by atoms with Gasteiger partial charge in [0, 0.05) is 29.9 Å².